The van der Waals surface area contributed by atoms with Crippen molar-refractivity contribution in [3.05, 3.63) is 80.1 Å². The highest BCUT2D eigenvalue weighted by molar-refractivity contribution is 7.15. The van der Waals surface area contributed by atoms with E-state index in [1.54, 1.807) is 36.4 Å². The molecule has 2 aromatic carbocycles. The topological polar surface area (TPSA) is 96.5 Å². The average Bonchev–Trinajstić information content (AvgIpc) is 3.30. The van der Waals surface area contributed by atoms with Crippen LogP contribution >= 0.6 is 11.3 Å². The summed E-state index contributed by atoms with van der Waals surface area (Å²) in [6.07, 6.45) is 0.740. The van der Waals surface area contributed by atoms with Crippen molar-refractivity contribution in [2.45, 2.75) is 33.2 Å². The molecule has 0 aliphatic carbocycles. The first-order valence-corrected chi connectivity index (χ1v) is 11.2. The highest BCUT2D eigenvalue weighted by Gasteiger charge is 2.45. The van der Waals surface area contributed by atoms with Gasteiger partial charge in [-0.05, 0) is 42.7 Å². The fourth-order valence-electron chi connectivity index (χ4n) is 4.07. The molecule has 0 radical (unpaired) electrons. The van der Waals surface area contributed by atoms with Crippen molar-refractivity contribution in [2.75, 3.05) is 4.90 Å². The monoisotopic (exact) mass is 447 g/mol. The number of anilines is 1. The van der Waals surface area contributed by atoms with Gasteiger partial charge in [-0.2, -0.15) is 0 Å². The summed E-state index contributed by atoms with van der Waals surface area (Å²) in [6.45, 7) is 6.07. The van der Waals surface area contributed by atoms with E-state index in [1.807, 2.05) is 13.0 Å². The number of hydrogen-bond acceptors (Lipinski definition) is 7. The number of aromatic nitrogens is 2. The van der Waals surface area contributed by atoms with E-state index in [9.17, 15) is 14.7 Å². The Hall–Kier alpha value is -3.52. The lowest BCUT2D eigenvalue weighted by atomic mass is 9.98. The molecule has 2 aromatic heterocycles. The minimum absolute atomic E-state index is 0.000283. The molecule has 5 rings (SSSR count). The van der Waals surface area contributed by atoms with Crippen LogP contribution in [0.25, 0.3) is 11.0 Å². The minimum atomic E-state index is -0.773. The molecule has 1 atom stereocenters. The molecule has 162 valence electrons. The zero-order valence-electron chi connectivity index (χ0n) is 17.8. The summed E-state index contributed by atoms with van der Waals surface area (Å²) in [5, 5.41) is 20.2. The highest BCUT2D eigenvalue weighted by atomic mass is 32.1. The van der Waals surface area contributed by atoms with Gasteiger partial charge in [0.1, 0.15) is 16.3 Å². The Labute approximate surface area is 188 Å². The van der Waals surface area contributed by atoms with E-state index in [-0.39, 0.29) is 22.5 Å². The van der Waals surface area contributed by atoms with Gasteiger partial charge in [0.05, 0.1) is 17.0 Å². The van der Waals surface area contributed by atoms with E-state index in [4.69, 9.17) is 4.42 Å². The Morgan fingerprint density at radius 3 is 2.72 bits per heavy atom. The largest absolute Gasteiger partial charge is 0.508 e. The molecule has 0 spiro atoms. The number of hydrogen-bond donors (Lipinski definition) is 1. The van der Waals surface area contributed by atoms with Gasteiger partial charge >= 0.3 is 0 Å². The molecule has 1 N–H and O–H groups in total. The summed E-state index contributed by atoms with van der Waals surface area (Å²) < 4.78 is 5.96. The number of carbonyl (C=O) groups excluding carboxylic acids is 1. The van der Waals surface area contributed by atoms with Crippen molar-refractivity contribution in [3.8, 4) is 5.75 Å². The van der Waals surface area contributed by atoms with Gasteiger partial charge in [0.2, 0.25) is 10.9 Å². The molecule has 0 fully saturated rings. The number of fused-ring (bicyclic) bond motifs is 2. The molecule has 0 bridgehead atoms. The molecule has 1 aliphatic heterocycles. The molecule has 1 amide bonds. The van der Waals surface area contributed by atoms with Crippen LogP contribution in [-0.2, 0) is 6.42 Å². The number of nitrogens with zero attached hydrogens (tertiary/aromatic N) is 3. The highest BCUT2D eigenvalue weighted by Crippen LogP contribution is 2.42. The summed E-state index contributed by atoms with van der Waals surface area (Å²) in [6, 6.07) is 11.1. The molecule has 0 saturated carbocycles. The molecule has 0 saturated heterocycles. The van der Waals surface area contributed by atoms with Crippen LogP contribution in [0.1, 0.15) is 52.1 Å². The molecule has 0 unspecified atom stereocenters. The Bertz CT molecular complexity index is 1420. The van der Waals surface area contributed by atoms with Crippen LogP contribution in [0.3, 0.4) is 0 Å². The number of phenols is 1. The molecular weight excluding hydrogens is 426 g/mol. The first-order chi connectivity index (χ1) is 15.3. The quantitative estimate of drug-likeness (QED) is 0.491. The van der Waals surface area contributed by atoms with E-state index in [0.29, 0.717) is 27.6 Å². The van der Waals surface area contributed by atoms with Gasteiger partial charge in [0.25, 0.3) is 5.91 Å². The predicted molar refractivity (Wildman–Crippen MR) is 122 cm³/mol. The van der Waals surface area contributed by atoms with Gasteiger partial charge in [-0.3, -0.25) is 14.5 Å². The maximum atomic E-state index is 13.6. The second-order valence-electron chi connectivity index (χ2n) is 8.42. The van der Waals surface area contributed by atoms with Gasteiger partial charge < -0.3 is 9.52 Å². The molecule has 8 heteroatoms. The SMILES string of the molecule is Cc1ccc2oc3c(c(=O)c2c1)[C@@H](c1cccc(O)c1)N(c1nnc(CC(C)C)s1)C3=O. The lowest BCUT2D eigenvalue weighted by Gasteiger charge is -2.22. The summed E-state index contributed by atoms with van der Waals surface area (Å²) in [7, 11) is 0. The minimum Gasteiger partial charge on any atom is -0.508 e. The third-order valence-electron chi connectivity index (χ3n) is 5.46. The van der Waals surface area contributed by atoms with Gasteiger partial charge in [-0.1, -0.05) is 48.9 Å². The number of carbonyl (C=O) groups is 1. The van der Waals surface area contributed by atoms with Crippen LogP contribution in [0.2, 0.25) is 0 Å². The molecule has 32 heavy (non-hydrogen) atoms. The molecule has 1 aliphatic rings. The van der Waals surface area contributed by atoms with Crippen LogP contribution in [0, 0.1) is 12.8 Å². The summed E-state index contributed by atoms with van der Waals surface area (Å²) in [5.41, 5.74) is 1.86. The van der Waals surface area contributed by atoms with Crippen LogP contribution in [0.5, 0.6) is 5.75 Å². The van der Waals surface area contributed by atoms with E-state index < -0.39 is 11.9 Å². The van der Waals surface area contributed by atoms with Gasteiger partial charge in [0, 0.05) is 6.42 Å². The smallest absolute Gasteiger partial charge is 0.297 e. The molecule has 4 aromatic rings. The second-order valence-corrected chi connectivity index (χ2v) is 9.46. The Morgan fingerprint density at radius 1 is 1.16 bits per heavy atom. The van der Waals surface area contributed by atoms with Crippen molar-refractivity contribution in [2.24, 2.45) is 5.92 Å². The molecule has 7 nitrogen and oxygen atoms in total. The summed E-state index contributed by atoms with van der Waals surface area (Å²) in [4.78, 5) is 28.6. The predicted octanol–water partition coefficient (Wildman–Crippen LogP) is 4.61. The number of phenolic OH excluding ortho intramolecular Hbond substituents is 1. The van der Waals surface area contributed by atoms with Crippen molar-refractivity contribution in [1.29, 1.82) is 0 Å². The third kappa shape index (κ3) is 3.27. The van der Waals surface area contributed by atoms with E-state index >= 15 is 0 Å². The fraction of sp³-hybridized carbons (Fsp3) is 0.250. The molecular formula is C24H21N3O4S. The van der Waals surface area contributed by atoms with Crippen LogP contribution in [0.4, 0.5) is 5.13 Å². The number of benzene rings is 2. The van der Waals surface area contributed by atoms with Crippen molar-refractivity contribution >= 4 is 33.3 Å². The van der Waals surface area contributed by atoms with Crippen LogP contribution < -0.4 is 10.3 Å². The van der Waals surface area contributed by atoms with E-state index in [0.717, 1.165) is 17.0 Å². The first kappa shape index (κ1) is 20.4. The summed E-state index contributed by atoms with van der Waals surface area (Å²) in [5.74, 6) is -0.0106. The standard InChI is InChI=1S/C24H21N3O4S/c1-12(2)9-18-25-26-24(32-18)27-20(14-5-4-6-15(28)11-14)19-21(29)16-10-13(3)7-8-17(16)31-22(19)23(27)30/h4-8,10-12,20,28H,9H2,1-3H3/t20-/m1/s1. The molecule has 3 heterocycles. The number of rotatable bonds is 4. The van der Waals surface area contributed by atoms with E-state index in [2.05, 4.69) is 24.0 Å². The van der Waals surface area contributed by atoms with Gasteiger partial charge in [-0.25, -0.2) is 0 Å². The van der Waals surface area contributed by atoms with Gasteiger partial charge in [-0.15, -0.1) is 10.2 Å². The number of aromatic hydroxyl groups is 1. The average molecular weight is 448 g/mol. The van der Waals surface area contributed by atoms with Crippen molar-refractivity contribution in [3.63, 3.8) is 0 Å². The van der Waals surface area contributed by atoms with Crippen molar-refractivity contribution < 1.29 is 14.3 Å². The Morgan fingerprint density at radius 2 is 1.97 bits per heavy atom. The lowest BCUT2D eigenvalue weighted by Crippen LogP contribution is -2.29. The summed E-state index contributed by atoms with van der Waals surface area (Å²) >= 11 is 1.32. The maximum Gasteiger partial charge on any atom is 0.297 e. The Kier molecular flexibility index (Phi) is 4.82. The number of aryl methyl sites for hydroxylation is 1. The van der Waals surface area contributed by atoms with Crippen molar-refractivity contribution in [1.82, 2.24) is 10.2 Å². The van der Waals surface area contributed by atoms with E-state index in [1.165, 1.54) is 16.2 Å². The normalized spacial score (nSPS) is 15.7. The second kappa shape index (κ2) is 7.56. The van der Waals surface area contributed by atoms with Crippen LogP contribution in [-0.4, -0.2) is 21.2 Å². The third-order valence-corrected chi connectivity index (χ3v) is 6.40. The van der Waals surface area contributed by atoms with Gasteiger partial charge in [0.15, 0.2) is 5.43 Å². The zero-order valence-corrected chi connectivity index (χ0v) is 18.6. The lowest BCUT2D eigenvalue weighted by molar-refractivity contribution is 0.0970. The fourth-order valence-corrected chi connectivity index (χ4v) is 5.15. The zero-order chi connectivity index (χ0) is 22.6. The van der Waals surface area contributed by atoms with Crippen LogP contribution in [0.15, 0.2) is 51.7 Å². The first-order valence-electron chi connectivity index (χ1n) is 10.4. The number of amides is 1. The maximum absolute atomic E-state index is 13.6. The Balaban J connectivity index is 1.75.